The molecule has 6 heteroatoms. The van der Waals surface area contributed by atoms with Gasteiger partial charge in [-0.2, -0.15) is 0 Å². The van der Waals surface area contributed by atoms with Gasteiger partial charge >= 0.3 is 6.03 Å². The fourth-order valence-corrected chi connectivity index (χ4v) is 3.59. The molecule has 4 aromatic rings. The zero-order valence-electron chi connectivity index (χ0n) is 19.3. The zero-order chi connectivity index (χ0) is 23.6. The Bertz CT molecular complexity index is 1330. The number of ether oxygens (including phenoxy) is 1. The van der Waals surface area contributed by atoms with Gasteiger partial charge in [0.2, 0.25) is 0 Å². The molecule has 168 valence electrons. The summed E-state index contributed by atoms with van der Waals surface area (Å²) in [6, 6.07) is 20.7. The van der Waals surface area contributed by atoms with Crippen LogP contribution >= 0.6 is 0 Å². The van der Waals surface area contributed by atoms with Gasteiger partial charge in [-0.1, -0.05) is 57.2 Å². The summed E-state index contributed by atoms with van der Waals surface area (Å²) >= 11 is 0. The average molecular weight is 441 g/mol. The molecule has 33 heavy (non-hydrogen) atoms. The number of anilines is 3. The Kier molecular flexibility index (Phi) is 5.92. The second-order valence-electron chi connectivity index (χ2n) is 9.03. The lowest BCUT2D eigenvalue weighted by molar-refractivity contribution is 0.262. The summed E-state index contributed by atoms with van der Waals surface area (Å²) in [6.07, 6.45) is 1.60. The third-order valence-corrected chi connectivity index (χ3v) is 5.46. The number of carbonyl (C=O) groups excluding carboxylic acids is 1. The molecular formula is C27H28N4O2. The molecule has 0 spiro atoms. The minimum absolute atomic E-state index is 0.00782. The summed E-state index contributed by atoms with van der Waals surface area (Å²) in [5, 5.41) is 7.72. The second-order valence-corrected chi connectivity index (χ2v) is 9.03. The van der Waals surface area contributed by atoms with Crippen molar-refractivity contribution in [1.82, 2.24) is 4.98 Å². The quantitative estimate of drug-likeness (QED) is 0.323. The molecule has 0 atom stereocenters. The highest BCUT2D eigenvalue weighted by atomic mass is 16.5. The van der Waals surface area contributed by atoms with Gasteiger partial charge in [0, 0.05) is 28.7 Å². The molecule has 6 nitrogen and oxygen atoms in total. The number of aryl methyl sites for hydroxylation is 1. The molecule has 0 bridgehead atoms. The molecular weight excluding hydrogens is 412 g/mol. The number of nitrogens with two attached hydrogens (primary N) is 1. The Balaban J connectivity index is 1.59. The van der Waals surface area contributed by atoms with Crippen LogP contribution in [0.2, 0.25) is 0 Å². The summed E-state index contributed by atoms with van der Waals surface area (Å²) < 4.78 is 6.04. The van der Waals surface area contributed by atoms with Crippen LogP contribution in [0.25, 0.3) is 10.8 Å². The van der Waals surface area contributed by atoms with Gasteiger partial charge in [-0.3, -0.25) is 0 Å². The van der Waals surface area contributed by atoms with E-state index in [9.17, 15) is 4.79 Å². The van der Waals surface area contributed by atoms with Gasteiger partial charge in [0.1, 0.15) is 17.3 Å². The van der Waals surface area contributed by atoms with Gasteiger partial charge in [0.05, 0.1) is 5.69 Å². The molecule has 0 aliphatic carbocycles. The monoisotopic (exact) mass is 440 g/mol. The van der Waals surface area contributed by atoms with Gasteiger partial charge in [-0.15, -0.1) is 0 Å². The number of urea groups is 1. The molecule has 0 unspecified atom stereocenters. The number of amides is 2. The topological polar surface area (TPSA) is 89.3 Å². The molecule has 0 fully saturated rings. The third kappa shape index (κ3) is 5.06. The number of aromatic nitrogens is 1. The van der Waals surface area contributed by atoms with Crippen LogP contribution in [-0.2, 0) is 5.41 Å². The molecule has 0 saturated carbocycles. The van der Waals surface area contributed by atoms with E-state index in [1.54, 1.807) is 18.3 Å². The van der Waals surface area contributed by atoms with Crippen LogP contribution in [0, 0.1) is 6.92 Å². The van der Waals surface area contributed by atoms with E-state index in [1.165, 1.54) is 0 Å². The van der Waals surface area contributed by atoms with Crippen molar-refractivity contribution in [1.29, 1.82) is 0 Å². The second kappa shape index (κ2) is 8.82. The van der Waals surface area contributed by atoms with Gasteiger partial charge in [0.25, 0.3) is 0 Å². The Morgan fingerprint density at radius 2 is 1.64 bits per heavy atom. The van der Waals surface area contributed by atoms with Crippen LogP contribution in [0.1, 0.15) is 31.9 Å². The largest absolute Gasteiger partial charge is 0.457 e. The van der Waals surface area contributed by atoms with E-state index >= 15 is 0 Å². The van der Waals surface area contributed by atoms with E-state index in [1.807, 2.05) is 55.5 Å². The van der Waals surface area contributed by atoms with Gasteiger partial charge in [-0.25, -0.2) is 9.78 Å². The SMILES string of the molecule is Cc1ccc(C(C)(C)C)cc1NC(=O)Nc1ccc(Oc2ccnc(N)c2)c2ccccc12. The lowest BCUT2D eigenvalue weighted by atomic mass is 9.86. The molecule has 0 radical (unpaired) electrons. The third-order valence-electron chi connectivity index (χ3n) is 5.46. The summed E-state index contributed by atoms with van der Waals surface area (Å²) in [6.45, 7) is 8.43. The van der Waals surface area contributed by atoms with Crippen molar-refractivity contribution >= 4 is 34.0 Å². The first-order valence-corrected chi connectivity index (χ1v) is 10.8. The number of rotatable bonds is 4. The number of nitrogen functional groups attached to an aromatic ring is 1. The van der Waals surface area contributed by atoms with Crippen molar-refractivity contribution in [3.05, 3.63) is 84.1 Å². The molecule has 2 amide bonds. The minimum atomic E-state index is -0.301. The van der Waals surface area contributed by atoms with Crippen LogP contribution in [0.15, 0.2) is 72.9 Å². The van der Waals surface area contributed by atoms with E-state index in [2.05, 4.69) is 42.5 Å². The van der Waals surface area contributed by atoms with Crippen molar-refractivity contribution < 1.29 is 9.53 Å². The lowest BCUT2D eigenvalue weighted by Gasteiger charge is -2.21. The van der Waals surface area contributed by atoms with E-state index in [0.29, 0.717) is 23.0 Å². The van der Waals surface area contributed by atoms with Crippen LogP contribution in [0.3, 0.4) is 0 Å². The maximum atomic E-state index is 12.9. The van der Waals surface area contributed by atoms with Crippen LogP contribution < -0.4 is 21.1 Å². The van der Waals surface area contributed by atoms with Gasteiger partial charge < -0.3 is 21.1 Å². The molecule has 1 aromatic heterocycles. The number of benzene rings is 3. The van der Waals surface area contributed by atoms with Crippen LogP contribution in [0.4, 0.5) is 22.0 Å². The number of hydrogen-bond acceptors (Lipinski definition) is 4. The maximum Gasteiger partial charge on any atom is 0.323 e. The molecule has 3 aromatic carbocycles. The molecule has 4 rings (SSSR count). The van der Waals surface area contributed by atoms with E-state index < -0.39 is 0 Å². The fraction of sp³-hybridized carbons (Fsp3) is 0.185. The summed E-state index contributed by atoms with van der Waals surface area (Å²) in [5.74, 6) is 1.65. The van der Waals surface area contributed by atoms with Gasteiger partial charge in [0.15, 0.2) is 0 Å². The number of hydrogen-bond donors (Lipinski definition) is 3. The number of pyridine rings is 1. The van der Waals surface area contributed by atoms with Gasteiger partial charge in [-0.05, 0) is 47.7 Å². The first-order valence-electron chi connectivity index (χ1n) is 10.8. The van der Waals surface area contributed by atoms with E-state index in [0.717, 1.165) is 27.6 Å². The normalized spacial score (nSPS) is 11.3. The summed E-state index contributed by atoms with van der Waals surface area (Å²) in [7, 11) is 0. The zero-order valence-corrected chi connectivity index (χ0v) is 19.3. The average Bonchev–Trinajstić information content (AvgIpc) is 2.76. The first kappa shape index (κ1) is 22.1. The molecule has 4 N–H and O–H groups in total. The summed E-state index contributed by atoms with van der Waals surface area (Å²) in [5.41, 5.74) is 9.40. The highest BCUT2D eigenvalue weighted by Crippen LogP contribution is 2.35. The van der Waals surface area contributed by atoms with Crippen LogP contribution in [0.5, 0.6) is 11.5 Å². The van der Waals surface area contributed by atoms with E-state index in [-0.39, 0.29) is 11.4 Å². The van der Waals surface area contributed by atoms with Crippen molar-refractivity contribution in [2.24, 2.45) is 0 Å². The van der Waals surface area contributed by atoms with Crippen LogP contribution in [-0.4, -0.2) is 11.0 Å². The Labute approximate surface area is 193 Å². The number of nitrogens with zero attached hydrogens (tertiary/aromatic N) is 1. The smallest absolute Gasteiger partial charge is 0.323 e. The number of fused-ring (bicyclic) bond motifs is 1. The van der Waals surface area contributed by atoms with Crippen molar-refractivity contribution in [3.63, 3.8) is 0 Å². The Hall–Kier alpha value is -4.06. The Morgan fingerprint density at radius 1 is 0.909 bits per heavy atom. The fourth-order valence-electron chi connectivity index (χ4n) is 3.59. The van der Waals surface area contributed by atoms with Crippen molar-refractivity contribution in [2.75, 3.05) is 16.4 Å². The Morgan fingerprint density at radius 3 is 2.36 bits per heavy atom. The minimum Gasteiger partial charge on any atom is -0.457 e. The van der Waals surface area contributed by atoms with E-state index in [4.69, 9.17) is 10.5 Å². The summed E-state index contributed by atoms with van der Waals surface area (Å²) in [4.78, 5) is 16.9. The highest BCUT2D eigenvalue weighted by molar-refractivity contribution is 6.07. The predicted molar refractivity (Wildman–Crippen MR) is 135 cm³/mol. The molecule has 1 heterocycles. The van der Waals surface area contributed by atoms with Crippen molar-refractivity contribution in [2.45, 2.75) is 33.1 Å². The standard InChI is InChI=1S/C27H28N4O2/c1-17-9-10-18(27(2,3)4)15-23(17)31-26(32)30-22-11-12-24(21-8-6-5-7-20(21)22)33-19-13-14-29-25(28)16-19/h5-16H,1-4H3,(H2,28,29)(H2,30,31,32). The molecule has 0 saturated heterocycles. The van der Waals surface area contributed by atoms with Crippen molar-refractivity contribution in [3.8, 4) is 11.5 Å². The number of carbonyl (C=O) groups is 1. The predicted octanol–water partition coefficient (Wildman–Crippen LogP) is 6.86. The molecule has 0 aliphatic rings. The molecule has 0 aliphatic heterocycles. The lowest BCUT2D eigenvalue weighted by Crippen LogP contribution is -2.21. The first-order chi connectivity index (χ1) is 15.7. The number of nitrogens with one attached hydrogen (secondary N) is 2. The highest BCUT2D eigenvalue weighted by Gasteiger charge is 2.16. The maximum absolute atomic E-state index is 12.9.